The average molecular weight is 238 g/mol. The number of hydrogen-bond donors (Lipinski definition) is 3. The molecule has 0 saturated heterocycles. The first-order valence-electron chi connectivity index (χ1n) is 4.46. The number of rotatable bonds is 2. The minimum Gasteiger partial charge on any atom is -0.465 e. The first kappa shape index (κ1) is 10.5. The van der Waals surface area contributed by atoms with Gasteiger partial charge in [-0.3, -0.25) is 10.4 Å². The van der Waals surface area contributed by atoms with Crippen LogP contribution >= 0.6 is 11.6 Å². The van der Waals surface area contributed by atoms with Crippen LogP contribution in [0.3, 0.4) is 0 Å². The van der Waals surface area contributed by atoms with E-state index in [-0.39, 0.29) is 0 Å². The third-order valence-electron chi connectivity index (χ3n) is 2.01. The highest BCUT2D eigenvalue weighted by molar-refractivity contribution is 6.33. The molecule has 0 atom stereocenters. The summed E-state index contributed by atoms with van der Waals surface area (Å²) >= 11 is 6.02. The molecule has 1 aromatic heterocycles. The minimum atomic E-state index is -1.12. The fourth-order valence-corrected chi connectivity index (χ4v) is 1.62. The Kier molecular flexibility index (Phi) is 2.78. The number of nitrogens with zero attached hydrogens (tertiary/aromatic N) is 1. The van der Waals surface area contributed by atoms with Crippen LogP contribution in [0.15, 0.2) is 30.5 Å². The standard InChI is InChI=1S/C10H8ClN3O2/c11-8-5-6(13-10(15)16)1-2-7(8)9-3-4-12-14-9/h1-5,13H,(H,12,14)(H,15,16). The molecule has 0 saturated carbocycles. The molecule has 0 radical (unpaired) electrons. The zero-order chi connectivity index (χ0) is 11.5. The zero-order valence-corrected chi connectivity index (χ0v) is 8.82. The van der Waals surface area contributed by atoms with Gasteiger partial charge in [-0.25, -0.2) is 4.79 Å². The Morgan fingerprint density at radius 3 is 2.81 bits per heavy atom. The number of aromatic amines is 1. The van der Waals surface area contributed by atoms with E-state index in [2.05, 4.69) is 15.5 Å². The number of H-pyrrole nitrogens is 1. The van der Waals surface area contributed by atoms with Crippen molar-refractivity contribution in [3.63, 3.8) is 0 Å². The average Bonchev–Trinajstić information content (AvgIpc) is 2.69. The highest BCUT2D eigenvalue weighted by atomic mass is 35.5. The van der Waals surface area contributed by atoms with E-state index in [1.54, 1.807) is 30.5 Å². The van der Waals surface area contributed by atoms with Crippen LogP contribution in [0.5, 0.6) is 0 Å². The molecule has 1 aromatic carbocycles. The van der Waals surface area contributed by atoms with Crippen LogP contribution in [0.2, 0.25) is 5.02 Å². The zero-order valence-electron chi connectivity index (χ0n) is 8.07. The molecule has 0 spiro atoms. The highest BCUT2D eigenvalue weighted by Crippen LogP contribution is 2.28. The molecule has 0 aliphatic carbocycles. The third kappa shape index (κ3) is 2.14. The Bertz CT molecular complexity index is 511. The maximum Gasteiger partial charge on any atom is 0.409 e. The van der Waals surface area contributed by atoms with Gasteiger partial charge in [0.1, 0.15) is 0 Å². The number of hydrogen-bond acceptors (Lipinski definition) is 2. The number of carboxylic acid groups (broad SMARTS) is 1. The molecule has 82 valence electrons. The lowest BCUT2D eigenvalue weighted by Gasteiger charge is -2.05. The topological polar surface area (TPSA) is 78.0 Å². The van der Waals surface area contributed by atoms with Crippen molar-refractivity contribution in [2.75, 3.05) is 5.32 Å². The number of halogens is 1. The highest BCUT2D eigenvalue weighted by Gasteiger charge is 2.06. The molecule has 1 amide bonds. The van der Waals surface area contributed by atoms with E-state index in [1.165, 1.54) is 0 Å². The molecule has 0 aliphatic rings. The van der Waals surface area contributed by atoms with Gasteiger partial charge in [0.15, 0.2) is 0 Å². The number of benzene rings is 1. The van der Waals surface area contributed by atoms with E-state index in [0.717, 1.165) is 11.3 Å². The molecule has 2 aromatic rings. The lowest BCUT2D eigenvalue weighted by Crippen LogP contribution is -2.06. The molecule has 16 heavy (non-hydrogen) atoms. The summed E-state index contributed by atoms with van der Waals surface area (Å²) < 4.78 is 0. The predicted molar refractivity (Wildman–Crippen MR) is 60.7 cm³/mol. The van der Waals surface area contributed by atoms with Gasteiger partial charge in [-0.2, -0.15) is 5.10 Å². The molecule has 0 bridgehead atoms. The monoisotopic (exact) mass is 237 g/mol. The molecule has 3 N–H and O–H groups in total. The van der Waals surface area contributed by atoms with Crippen molar-refractivity contribution in [1.82, 2.24) is 10.2 Å². The fourth-order valence-electron chi connectivity index (χ4n) is 1.34. The number of amides is 1. The molecule has 0 unspecified atom stereocenters. The van der Waals surface area contributed by atoms with Gasteiger partial charge in [-0.05, 0) is 24.3 Å². The van der Waals surface area contributed by atoms with Crippen molar-refractivity contribution in [2.45, 2.75) is 0 Å². The summed E-state index contributed by atoms with van der Waals surface area (Å²) in [4.78, 5) is 10.4. The van der Waals surface area contributed by atoms with Crippen LogP contribution in [0.4, 0.5) is 10.5 Å². The van der Waals surface area contributed by atoms with E-state index in [9.17, 15) is 4.79 Å². The predicted octanol–water partition coefficient (Wildman–Crippen LogP) is 2.82. The Morgan fingerprint density at radius 1 is 1.44 bits per heavy atom. The van der Waals surface area contributed by atoms with Crippen LogP contribution < -0.4 is 5.32 Å². The van der Waals surface area contributed by atoms with E-state index < -0.39 is 6.09 Å². The third-order valence-corrected chi connectivity index (χ3v) is 2.32. The van der Waals surface area contributed by atoms with Gasteiger partial charge in [-0.1, -0.05) is 11.6 Å². The normalized spacial score (nSPS) is 10.1. The molecule has 1 heterocycles. The van der Waals surface area contributed by atoms with Gasteiger partial charge in [0, 0.05) is 17.4 Å². The van der Waals surface area contributed by atoms with Gasteiger partial charge in [0.05, 0.1) is 10.7 Å². The van der Waals surface area contributed by atoms with E-state index in [1.807, 2.05) is 0 Å². The summed E-state index contributed by atoms with van der Waals surface area (Å²) in [5, 5.41) is 17.8. The lowest BCUT2D eigenvalue weighted by molar-refractivity contribution is 0.210. The summed E-state index contributed by atoms with van der Waals surface area (Å²) in [6.45, 7) is 0. The number of aromatic nitrogens is 2. The van der Waals surface area contributed by atoms with Crippen molar-refractivity contribution in [3.05, 3.63) is 35.5 Å². The Labute approximate surface area is 96.1 Å². The summed E-state index contributed by atoms with van der Waals surface area (Å²) in [7, 11) is 0. The largest absolute Gasteiger partial charge is 0.465 e. The second kappa shape index (κ2) is 4.24. The van der Waals surface area contributed by atoms with Crippen molar-refractivity contribution < 1.29 is 9.90 Å². The molecule has 0 fully saturated rings. The summed E-state index contributed by atoms with van der Waals surface area (Å²) in [6.07, 6.45) is 0.500. The van der Waals surface area contributed by atoms with Crippen molar-refractivity contribution >= 4 is 23.4 Å². The molecule has 0 aliphatic heterocycles. The van der Waals surface area contributed by atoms with Crippen molar-refractivity contribution in [2.24, 2.45) is 0 Å². The van der Waals surface area contributed by atoms with Crippen molar-refractivity contribution in [3.8, 4) is 11.3 Å². The maximum atomic E-state index is 10.4. The van der Waals surface area contributed by atoms with E-state index in [4.69, 9.17) is 16.7 Å². The second-order valence-corrected chi connectivity index (χ2v) is 3.50. The summed E-state index contributed by atoms with van der Waals surface area (Å²) in [5.41, 5.74) is 1.99. The molecule has 6 heteroatoms. The van der Waals surface area contributed by atoms with Crippen molar-refractivity contribution in [1.29, 1.82) is 0 Å². The van der Waals surface area contributed by atoms with Crippen LogP contribution in [-0.4, -0.2) is 21.4 Å². The number of anilines is 1. The Hall–Kier alpha value is -2.01. The minimum absolute atomic E-state index is 0.431. The summed E-state index contributed by atoms with van der Waals surface area (Å²) in [6, 6.07) is 6.69. The SMILES string of the molecule is O=C(O)Nc1ccc(-c2ccn[nH]2)c(Cl)c1. The second-order valence-electron chi connectivity index (χ2n) is 3.10. The number of carbonyl (C=O) groups is 1. The van der Waals surface area contributed by atoms with Gasteiger partial charge in [0.2, 0.25) is 0 Å². The maximum absolute atomic E-state index is 10.4. The van der Waals surface area contributed by atoms with E-state index in [0.29, 0.717) is 10.7 Å². The quantitative estimate of drug-likeness (QED) is 0.752. The van der Waals surface area contributed by atoms with Crippen LogP contribution in [0, 0.1) is 0 Å². The first-order valence-corrected chi connectivity index (χ1v) is 4.84. The molecular weight excluding hydrogens is 230 g/mol. The van der Waals surface area contributed by atoms with Crippen LogP contribution in [-0.2, 0) is 0 Å². The molecular formula is C10H8ClN3O2. The van der Waals surface area contributed by atoms with Gasteiger partial charge >= 0.3 is 6.09 Å². The Morgan fingerprint density at radius 2 is 2.25 bits per heavy atom. The van der Waals surface area contributed by atoms with Crippen LogP contribution in [0.1, 0.15) is 0 Å². The van der Waals surface area contributed by atoms with Gasteiger partial charge < -0.3 is 5.11 Å². The lowest BCUT2D eigenvalue weighted by atomic mass is 10.1. The summed E-state index contributed by atoms with van der Waals surface area (Å²) in [5.74, 6) is 0. The molecule has 2 rings (SSSR count). The van der Waals surface area contributed by atoms with E-state index >= 15 is 0 Å². The smallest absolute Gasteiger partial charge is 0.409 e. The number of nitrogens with one attached hydrogen (secondary N) is 2. The van der Waals surface area contributed by atoms with Crippen LogP contribution in [0.25, 0.3) is 11.3 Å². The first-order chi connectivity index (χ1) is 7.66. The Balaban J connectivity index is 2.34. The van der Waals surface area contributed by atoms with Gasteiger partial charge in [0.25, 0.3) is 0 Å². The molecule has 5 nitrogen and oxygen atoms in total. The van der Waals surface area contributed by atoms with Gasteiger partial charge in [-0.15, -0.1) is 0 Å². The fraction of sp³-hybridized carbons (Fsp3) is 0.